The van der Waals surface area contributed by atoms with Gasteiger partial charge in [0.2, 0.25) is 5.65 Å². The number of aromatic nitrogens is 2. The second-order valence-electron chi connectivity index (χ2n) is 4.77. The number of nitro benzene ring substituents is 1. The number of carboxylic acids is 1. The van der Waals surface area contributed by atoms with Gasteiger partial charge in [0, 0.05) is 17.7 Å². The summed E-state index contributed by atoms with van der Waals surface area (Å²) in [5.41, 5.74) is -0.230. The van der Waals surface area contributed by atoms with Gasteiger partial charge < -0.3 is 15.2 Å². The van der Waals surface area contributed by atoms with Gasteiger partial charge in [-0.3, -0.25) is 10.1 Å². The van der Waals surface area contributed by atoms with Crippen molar-refractivity contribution >= 4 is 23.1 Å². The maximum atomic E-state index is 11.4. The fourth-order valence-electron chi connectivity index (χ4n) is 2.33. The number of benzene rings is 1. The molecule has 3 aromatic rings. The summed E-state index contributed by atoms with van der Waals surface area (Å²) >= 11 is 0. The Hall–Kier alpha value is -3.82. The Morgan fingerprint density at radius 1 is 1.08 bits per heavy atom. The molecule has 0 aliphatic carbocycles. The Morgan fingerprint density at radius 2 is 1.75 bits per heavy atom. The van der Waals surface area contributed by atoms with Crippen LogP contribution in [0.3, 0.4) is 0 Å². The van der Waals surface area contributed by atoms with Crippen molar-refractivity contribution in [3.05, 3.63) is 68.4 Å². The monoisotopic (exact) mass is 328 g/mol. The van der Waals surface area contributed by atoms with E-state index in [4.69, 9.17) is 0 Å². The summed E-state index contributed by atoms with van der Waals surface area (Å²) in [5, 5.41) is 31.3. The molecule has 0 saturated heterocycles. The predicted molar refractivity (Wildman–Crippen MR) is 80.9 cm³/mol. The van der Waals surface area contributed by atoms with Crippen LogP contribution in [-0.2, 0) is 0 Å². The van der Waals surface area contributed by atoms with Gasteiger partial charge in [0.1, 0.15) is 5.56 Å². The number of hydrogen-bond acceptors (Lipinski definition) is 6. The fraction of sp³-hybridized carbons (Fsp3) is 0. The van der Waals surface area contributed by atoms with Crippen LogP contribution in [0.4, 0.5) is 11.5 Å². The number of fused-ring (bicyclic) bond motifs is 1. The van der Waals surface area contributed by atoms with Crippen molar-refractivity contribution in [1.82, 2.24) is 9.38 Å². The van der Waals surface area contributed by atoms with Crippen LogP contribution in [-0.4, -0.2) is 30.3 Å². The lowest BCUT2D eigenvalue weighted by molar-refractivity contribution is -0.389. The van der Waals surface area contributed by atoms with E-state index in [0.29, 0.717) is 0 Å². The third kappa shape index (κ3) is 2.31. The van der Waals surface area contributed by atoms with Crippen molar-refractivity contribution in [1.29, 1.82) is 0 Å². The lowest BCUT2D eigenvalue weighted by atomic mass is 10.1. The van der Waals surface area contributed by atoms with Crippen LogP contribution < -0.4 is 0 Å². The average Bonchev–Trinajstić information content (AvgIpc) is 2.94. The molecule has 0 aliphatic rings. The Labute approximate surface area is 132 Å². The topological polar surface area (TPSA) is 141 Å². The summed E-state index contributed by atoms with van der Waals surface area (Å²) in [6, 6.07) is 7.70. The molecular weight excluding hydrogens is 320 g/mol. The number of carboxylic acid groups (broad SMARTS) is 1. The summed E-state index contributed by atoms with van der Waals surface area (Å²) in [7, 11) is 0. The molecule has 10 nitrogen and oxygen atoms in total. The van der Waals surface area contributed by atoms with Gasteiger partial charge in [-0.05, 0) is 29.2 Å². The van der Waals surface area contributed by atoms with Gasteiger partial charge in [0.05, 0.1) is 11.1 Å². The zero-order valence-electron chi connectivity index (χ0n) is 11.8. The van der Waals surface area contributed by atoms with Crippen LogP contribution in [0, 0.1) is 20.2 Å². The quantitative estimate of drug-likeness (QED) is 0.572. The highest BCUT2D eigenvalue weighted by Gasteiger charge is 2.27. The largest absolute Gasteiger partial charge is 0.477 e. The number of non-ortho nitro benzene ring substituents is 1. The first-order chi connectivity index (χ1) is 11.4. The maximum Gasteiger partial charge on any atom is 0.355 e. The highest BCUT2D eigenvalue weighted by Crippen LogP contribution is 2.32. The Morgan fingerprint density at radius 3 is 2.29 bits per heavy atom. The number of carbonyl (C=O) groups is 1. The van der Waals surface area contributed by atoms with E-state index in [0.717, 1.165) is 4.40 Å². The Balaban J connectivity index is 2.29. The standard InChI is InChI=1S/C14H8N4O6/c19-14(20)10-2-1-7-16-12(10)15-11(13(16)18(23)24)8-3-5-9(6-4-8)17(21)22/h1-7H,(H,19,20). The molecule has 10 heteroatoms. The van der Waals surface area contributed by atoms with Gasteiger partial charge in [0.15, 0.2) is 5.69 Å². The molecule has 24 heavy (non-hydrogen) atoms. The van der Waals surface area contributed by atoms with Crippen LogP contribution in [0.25, 0.3) is 16.9 Å². The molecule has 0 fully saturated rings. The van der Waals surface area contributed by atoms with E-state index in [1.807, 2.05) is 0 Å². The summed E-state index contributed by atoms with van der Waals surface area (Å²) < 4.78 is 1.07. The van der Waals surface area contributed by atoms with E-state index in [-0.39, 0.29) is 28.2 Å². The number of pyridine rings is 1. The first-order valence-corrected chi connectivity index (χ1v) is 6.53. The number of imidazole rings is 1. The molecule has 2 heterocycles. The lowest BCUT2D eigenvalue weighted by Crippen LogP contribution is -2.01. The second-order valence-corrected chi connectivity index (χ2v) is 4.77. The molecule has 120 valence electrons. The van der Waals surface area contributed by atoms with Gasteiger partial charge in [-0.25, -0.2) is 4.79 Å². The van der Waals surface area contributed by atoms with E-state index in [2.05, 4.69) is 4.98 Å². The van der Waals surface area contributed by atoms with Crippen molar-refractivity contribution in [3.63, 3.8) is 0 Å². The molecule has 0 saturated carbocycles. The molecule has 0 radical (unpaired) electrons. The molecular formula is C14H8N4O6. The zero-order chi connectivity index (χ0) is 17.4. The SMILES string of the molecule is O=C(O)c1cccn2c([N+](=O)[O-])c(-c3ccc([N+](=O)[O-])cc3)nc12. The molecule has 3 rings (SSSR count). The van der Waals surface area contributed by atoms with Gasteiger partial charge in [-0.1, -0.05) is 0 Å². The molecule has 0 bridgehead atoms. The first kappa shape index (κ1) is 15.1. The number of aromatic carboxylic acids is 1. The summed E-state index contributed by atoms with van der Waals surface area (Å²) in [5.74, 6) is -1.68. The normalized spacial score (nSPS) is 10.7. The third-order valence-electron chi connectivity index (χ3n) is 3.38. The smallest absolute Gasteiger partial charge is 0.355 e. The molecule has 0 aliphatic heterocycles. The Kier molecular flexibility index (Phi) is 3.41. The third-order valence-corrected chi connectivity index (χ3v) is 3.38. The summed E-state index contributed by atoms with van der Waals surface area (Å²) in [6.45, 7) is 0. The zero-order valence-corrected chi connectivity index (χ0v) is 11.8. The minimum absolute atomic E-state index is 0.0661. The lowest BCUT2D eigenvalue weighted by Gasteiger charge is -1.99. The van der Waals surface area contributed by atoms with Crippen LogP contribution in [0.2, 0.25) is 0 Å². The number of nitrogens with zero attached hydrogens (tertiary/aromatic N) is 4. The molecule has 0 spiro atoms. The highest BCUT2D eigenvalue weighted by atomic mass is 16.6. The van der Waals surface area contributed by atoms with Gasteiger partial charge in [0.25, 0.3) is 5.69 Å². The number of hydrogen-bond donors (Lipinski definition) is 1. The van der Waals surface area contributed by atoms with E-state index >= 15 is 0 Å². The van der Waals surface area contributed by atoms with Crippen LogP contribution >= 0.6 is 0 Å². The molecule has 2 aromatic heterocycles. The summed E-state index contributed by atoms with van der Waals surface area (Å²) in [4.78, 5) is 36.2. The van der Waals surface area contributed by atoms with Gasteiger partial charge in [-0.15, -0.1) is 0 Å². The fourth-order valence-corrected chi connectivity index (χ4v) is 2.33. The van der Waals surface area contributed by atoms with Gasteiger partial charge in [-0.2, -0.15) is 9.38 Å². The molecule has 0 unspecified atom stereocenters. The average molecular weight is 328 g/mol. The van der Waals surface area contributed by atoms with Gasteiger partial charge >= 0.3 is 11.8 Å². The molecule has 1 aromatic carbocycles. The van der Waals surface area contributed by atoms with E-state index in [9.17, 15) is 30.1 Å². The van der Waals surface area contributed by atoms with Crippen LogP contribution in [0.5, 0.6) is 0 Å². The number of nitro groups is 2. The van der Waals surface area contributed by atoms with Crippen LogP contribution in [0.1, 0.15) is 10.4 Å². The van der Waals surface area contributed by atoms with Crippen molar-refractivity contribution in [3.8, 4) is 11.3 Å². The van der Waals surface area contributed by atoms with Crippen molar-refractivity contribution < 1.29 is 19.7 Å². The summed E-state index contributed by atoms with van der Waals surface area (Å²) in [6.07, 6.45) is 1.34. The van der Waals surface area contributed by atoms with Crippen LogP contribution in [0.15, 0.2) is 42.6 Å². The van der Waals surface area contributed by atoms with E-state index < -0.39 is 21.6 Å². The van der Waals surface area contributed by atoms with Crippen molar-refractivity contribution in [2.24, 2.45) is 0 Å². The molecule has 0 amide bonds. The second kappa shape index (κ2) is 5.43. The minimum Gasteiger partial charge on any atom is -0.477 e. The predicted octanol–water partition coefficient (Wildman–Crippen LogP) is 2.52. The van der Waals surface area contributed by atoms with E-state index in [1.165, 1.54) is 42.6 Å². The van der Waals surface area contributed by atoms with E-state index in [1.54, 1.807) is 0 Å². The maximum absolute atomic E-state index is 11.4. The Bertz CT molecular complexity index is 992. The highest BCUT2D eigenvalue weighted by molar-refractivity contribution is 5.95. The molecule has 0 atom stereocenters. The number of rotatable bonds is 4. The minimum atomic E-state index is -1.27. The van der Waals surface area contributed by atoms with Crippen molar-refractivity contribution in [2.45, 2.75) is 0 Å². The molecule has 1 N–H and O–H groups in total. The van der Waals surface area contributed by atoms with Crippen molar-refractivity contribution in [2.75, 3.05) is 0 Å². The first-order valence-electron chi connectivity index (χ1n) is 6.53.